The van der Waals surface area contributed by atoms with Crippen LogP contribution in [-0.2, 0) is 9.59 Å². The average molecular weight is 311 g/mol. The quantitative estimate of drug-likeness (QED) is 0.821. The molecule has 2 rings (SSSR count). The van der Waals surface area contributed by atoms with Gasteiger partial charge in [-0.15, -0.1) is 11.8 Å². The third kappa shape index (κ3) is 4.74. The Hall–Kier alpha value is -1.56. The van der Waals surface area contributed by atoms with Gasteiger partial charge in [0.1, 0.15) is 5.82 Å². The van der Waals surface area contributed by atoms with Crippen LogP contribution in [0.5, 0.6) is 0 Å². The van der Waals surface area contributed by atoms with E-state index in [0.717, 1.165) is 6.42 Å². The highest BCUT2D eigenvalue weighted by molar-refractivity contribution is 7.99. The molecule has 0 saturated carbocycles. The normalized spacial score (nSPS) is 18.0. The van der Waals surface area contributed by atoms with Crippen molar-refractivity contribution < 1.29 is 19.1 Å². The largest absolute Gasteiger partial charge is 0.481 e. The van der Waals surface area contributed by atoms with Crippen LogP contribution in [-0.4, -0.2) is 40.7 Å². The Bertz CT molecular complexity index is 523. The van der Waals surface area contributed by atoms with Crippen LogP contribution in [0.1, 0.15) is 19.3 Å². The van der Waals surface area contributed by atoms with Gasteiger partial charge in [-0.1, -0.05) is 12.1 Å². The first-order chi connectivity index (χ1) is 10.1. The number of nitrogens with zero attached hydrogens (tertiary/aromatic N) is 1. The molecule has 0 radical (unpaired) electrons. The van der Waals surface area contributed by atoms with Gasteiger partial charge in [0.15, 0.2) is 0 Å². The van der Waals surface area contributed by atoms with Crippen LogP contribution < -0.4 is 0 Å². The minimum Gasteiger partial charge on any atom is -0.481 e. The van der Waals surface area contributed by atoms with Gasteiger partial charge in [-0.3, -0.25) is 9.59 Å². The van der Waals surface area contributed by atoms with Crippen LogP contribution in [0, 0.1) is 11.7 Å². The van der Waals surface area contributed by atoms with Gasteiger partial charge in [-0.05, 0) is 24.5 Å². The third-order valence-corrected chi connectivity index (χ3v) is 4.56. The van der Waals surface area contributed by atoms with Gasteiger partial charge in [-0.2, -0.15) is 0 Å². The molecule has 1 amide bonds. The van der Waals surface area contributed by atoms with E-state index >= 15 is 0 Å². The number of aliphatic carboxylic acids is 1. The van der Waals surface area contributed by atoms with Crippen molar-refractivity contribution in [2.24, 2.45) is 5.92 Å². The van der Waals surface area contributed by atoms with E-state index in [0.29, 0.717) is 30.2 Å². The molecule has 1 aromatic carbocycles. The lowest BCUT2D eigenvalue weighted by molar-refractivity contribution is -0.138. The zero-order valence-electron chi connectivity index (χ0n) is 11.6. The van der Waals surface area contributed by atoms with Crippen molar-refractivity contribution in [2.75, 3.05) is 18.8 Å². The lowest BCUT2D eigenvalue weighted by Crippen LogP contribution is -2.29. The molecule has 0 spiro atoms. The summed E-state index contributed by atoms with van der Waals surface area (Å²) in [5, 5.41) is 8.75. The Morgan fingerprint density at radius 1 is 1.38 bits per heavy atom. The Morgan fingerprint density at radius 3 is 2.86 bits per heavy atom. The molecule has 1 aromatic rings. The highest BCUT2D eigenvalue weighted by Gasteiger charge is 2.27. The zero-order valence-corrected chi connectivity index (χ0v) is 12.4. The predicted molar refractivity (Wildman–Crippen MR) is 78.7 cm³/mol. The Kier molecular flexibility index (Phi) is 5.61. The molecule has 114 valence electrons. The van der Waals surface area contributed by atoms with Gasteiger partial charge in [0.05, 0.1) is 0 Å². The standard InChI is InChI=1S/C15H18FNO3S/c16-12-3-1-2-4-13(12)21-8-6-14(18)17-7-5-11(10-17)9-15(19)20/h1-4,11H,5-10H2,(H,19,20). The smallest absolute Gasteiger partial charge is 0.303 e. The van der Waals surface area contributed by atoms with E-state index in [-0.39, 0.29) is 24.1 Å². The molecule has 1 fully saturated rings. The second-order valence-corrected chi connectivity index (χ2v) is 6.26. The van der Waals surface area contributed by atoms with Gasteiger partial charge < -0.3 is 10.0 Å². The number of hydrogen-bond donors (Lipinski definition) is 1. The Morgan fingerprint density at radius 2 is 2.14 bits per heavy atom. The number of amides is 1. The molecule has 6 heteroatoms. The fraction of sp³-hybridized carbons (Fsp3) is 0.467. The SMILES string of the molecule is O=C(O)CC1CCN(C(=O)CCSc2ccccc2F)C1. The maximum atomic E-state index is 13.4. The number of benzene rings is 1. The minimum atomic E-state index is -0.815. The van der Waals surface area contributed by atoms with Gasteiger partial charge >= 0.3 is 5.97 Å². The predicted octanol–water partition coefficient (Wildman–Crippen LogP) is 2.63. The van der Waals surface area contributed by atoms with E-state index in [4.69, 9.17) is 5.11 Å². The lowest BCUT2D eigenvalue weighted by Gasteiger charge is -2.16. The first-order valence-corrected chi connectivity index (χ1v) is 7.91. The van der Waals surface area contributed by atoms with Crippen molar-refractivity contribution in [3.63, 3.8) is 0 Å². The fourth-order valence-corrected chi connectivity index (χ4v) is 3.32. The molecular formula is C15H18FNO3S. The molecule has 1 aliphatic rings. The Balaban J connectivity index is 1.73. The summed E-state index contributed by atoms with van der Waals surface area (Å²) in [6.07, 6.45) is 1.21. The molecule has 21 heavy (non-hydrogen) atoms. The number of halogens is 1. The first-order valence-electron chi connectivity index (χ1n) is 6.93. The van der Waals surface area contributed by atoms with Crippen LogP contribution in [0.3, 0.4) is 0 Å². The number of hydrogen-bond acceptors (Lipinski definition) is 3. The number of rotatable bonds is 6. The summed E-state index contributed by atoms with van der Waals surface area (Å²) in [7, 11) is 0. The Labute approximate surface area is 127 Å². The summed E-state index contributed by atoms with van der Waals surface area (Å²) >= 11 is 1.33. The third-order valence-electron chi connectivity index (χ3n) is 3.51. The van der Waals surface area contributed by atoms with Gasteiger partial charge in [0.2, 0.25) is 5.91 Å². The second kappa shape index (κ2) is 7.45. The number of thioether (sulfide) groups is 1. The molecule has 0 aromatic heterocycles. The maximum Gasteiger partial charge on any atom is 0.303 e. The fourth-order valence-electron chi connectivity index (χ4n) is 2.44. The van der Waals surface area contributed by atoms with Crippen molar-refractivity contribution in [1.29, 1.82) is 0 Å². The van der Waals surface area contributed by atoms with Crippen LogP contribution in [0.25, 0.3) is 0 Å². The number of carbonyl (C=O) groups excluding carboxylic acids is 1. The number of carbonyl (C=O) groups is 2. The summed E-state index contributed by atoms with van der Waals surface area (Å²) in [5.74, 6) is -0.473. The van der Waals surface area contributed by atoms with Crippen LogP contribution in [0.15, 0.2) is 29.2 Å². The average Bonchev–Trinajstić information content (AvgIpc) is 2.88. The number of likely N-dealkylation sites (tertiary alicyclic amines) is 1. The monoisotopic (exact) mass is 311 g/mol. The van der Waals surface area contributed by atoms with Crippen molar-refractivity contribution in [1.82, 2.24) is 4.90 Å². The molecular weight excluding hydrogens is 293 g/mol. The van der Waals surface area contributed by atoms with Crippen molar-refractivity contribution in [3.8, 4) is 0 Å². The summed E-state index contributed by atoms with van der Waals surface area (Å²) < 4.78 is 13.4. The van der Waals surface area contributed by atoms with Crippen LogP contribution in [0.4, 0.5) is 4.39 Å². The zero-order chi connectivity index (χ0) is 15.2. The van der Waals surface area contributed by atoms with Crippen molar-refractivity contribution >= 4 is 23.6 Å². The highest BCUT2D eigenvalue weighted by Crippen LogP contribution is 2.24. The second-order valence-electron chi connectivity index (χ2n) is 5.12. The topological polar surface area (TPSA) is 57.6 Å². The summed E-state index contributed by atoms with van der Waals surface area (Å²) in [4.78, 5) is 24.9. The molecule has 1 aliphatic heterocycles. The summed E-state index contributed by atoms with van der Waals surface area (Å²) in [6, 6.07) is 6.51. The minimum absolute atomic E-state index is 0.0201. The van der Waals surface area contributed by atoms with E-state index < -0.39 is 5.97 Å². The van der Waals surface area contributed by atoms with E-state index in [1.54, 1.807) is 23.1 Å². The van der Waals surface area contributed by atoms with Gasteiger partial charge in [0.25, 0.3) is 0 Å². The van der Waals surface area contributed by atoms with Gasteiger partial charge in [0, 0.05) is 36.6 Å². The number of carboxylic acids is 1. The van der Waals surface area contributed by atoms with Crippen LogP contribution >= 0.6 is 11.8 Å². The number of carboxylic acid groups (broad SMARTS) is 1. The maximum absolute atomic E-state index is 13.4. The molecule has 1 heterocycles. The molecule has 1 N–H and O–H groups in total. The lowest BCUT2D eigenvalue weighted by atomic mass is 10.1. The van der Waals surface area contributed by atoms with E-state index in [1.807, 2.05) is 0 Å². The first kappa shape index (κ1) is 15.8. The van der Waals surface area contributed by atoms with E-state index in [2.05, 4.69) is 0 Å². The molecule has 0 bridgehead atoms. The van der Waals surface area contributed by atoms with Crippen molar-refractivity contribution in [2.45, 2.75) is 24.2 Å². The summed E-state index contributed by atoms with van der Waals surface area (Å²) in [6.45, 7) is 1.15. The molecule has 0 aliphatic carbocycles. The molecule has 1 saturated heterocycles. The van der Waals surface area contributed by atoms with Crippen molar-refractivity contribution in [3.05, 3.63) is 30.1 Å². The van der Waals surface area contributed by atoms with Gasteiger partial charge in [-0.25, -0.2) is 4.39 Å². The molecule has 4 nitrogen and oxygen atoms in total. The summed E-state index contributed by atoms with van der Waals surface area (Å²) in [5.41, 5.74) is 0. The van der Waals surface area contributed by atoms with E-state index in [1.165, 1.54) is 17.8 Å². The van der Waals surface area contributed by atoms with Crippen LogP contribution in [0.2, 0.25) is 0 Å². The highest BCUT2D eigenvalue weighted by atomic mass is 32.2. The molecule has 1 atom stereocenters. The van der Waals surface area contributed by atoms with E-state index in [9.17, 15) is 14.0 Å². The molecule has 1 unspecified atom stereocenters.